The number of hydrogen-bond acceptors (Lipinski definition) is 2. The molecule has 0 bridgehead atoms. The van der Waals surface area contributed by atoms with Crippen LogP contribution in [-0.2, 0) is 11.2 Å². The van der Waals surface area contributed by atoms with Crippen molar-refractivity contribution in [3.8, 4) is 0 Å². The Kier molecular flexibility index (Phi) is 9.66. The van der Waals surface area contributed by atoms with Gasteiger partial charge in [-0.15, -0.1) is 24.0 Å². The molecule has 0 unspecified atom stereocenters. The molecule has 2 N–H and O–H groups in total. The van der Waals surface area contributed by atoms with Gasteiger partial charge >= 0.3 is 0 Å². The Bertz CT molecular complexity index is 487. The highest BCUT2D eigenvalue weighted by atomic mass is 127. The van der Waals surface area contributed by atoms with Crippen molar-refractivity contribution >= 4 is 35.8 Å². The molecular weight excluding hydrogens is 403 g/mol. The molecule has 0 radical (unpaired) electrons. The van der Waals surface area contributed by atoms with Gasteiger partial charge in [-0.3, -0.25) is 4.79 Å². The molecule has 1 aliphatic rings. The van der Waals surface area contributed by atoms with Gasteiger partial charge in [0.2, 0.25) is 5.91 Å². The molecule has 0 saturated carbocycles. The first-order valence-corrected chi connectivity index (χ1v) is 8.13. The third-order valence-corrected chi connectivity index (χ3v) is 3.72. The van der Waals surface area contributed by atoms with E-state index in [0.717, 1.165) is 45.4 Å². The molecule has 128 valence electrons. The first-order chi connectivity index (χ1) is 10.8. The van der Waals surface area contributed by atoms with Gasteiger partial charge in [-0.25, -0.2) is 4.99 Å². The summed E-state index contributed by atoms with van der Waals surface area (Å²) >= 11 is 0. The maximum Gasteiger partial charge on any atom is 0.244 e. The Labute approximate surface area is 156 Å². The van der Waals surface area contributed by atoms with Crippen molar-refractivity contribution in [1.29, 1.82) is 0 Å². The highest BCUT2D eigenvalue weighted by Gasteiger charge is 2.17. The van der Waals surface area contributed by atoms with E-state index in [2.05, 4.69) is 27.8 Å². The molecule has 0 aromatic heterocycles. The summed E-state index contributed by atoms with van der Waals surface area (Å²) in [5, 5.41) is 6.47. The normalized spacial score (nSPS) is 14.3. The van der Waals surface area contributed by atoms with Crippen molar-refractivity contribution in [1.82, 2.24) is 15.5 Å². The number of carbonyl (C=O) groups is 1. The molecule has 1 aromatic carbocycles. The number of nitrogens with zero attached hydrogens (tertiary/aromatic N) is 2. The summed E-state index contributed by atoms with van der Waals surface area (Å²) in [6.07, 6.45) is 3.17. The van der Waals surface area contributed by atoms with Gasteiger partial charge in [0.05, 0.1) is 0 Å². The Morgan fingerprint density at radius 3 is 2.52 bits per heavy atom. The second-order valence-electron chi connectivity index (χ2n) is 5.45. The number of guanidine groups is 1. The van der Waals surface area contributed by atoms with Crippen LogP contribution < -0.4 is 10.6 Å². The van der Waals surface area contributed by atoms with Crippen molar-refractivity contribution in [3.05, 3.63) is 35.9 Å². The fraction of sp³-hybridized carbons (Fsp3) is 0.529. The minimum atomic E-state index is 0. The molecule has 2 rings (SSSR count). The highest BCUT2D eigenvalue weighted by molar-refractivity contribution is 14.0. The summed E-state index contributed by atoms with van der Waals surface area (Å²) in [5.74, 6) is 0.837. The number of amides is 1. The van der Waals surface area contributed by atoms with E-state index >= 15 is 0 Å². The molecule has 1 aromatic rings. The Hall–Kier alpha value is -1.31. The average Bonchev–Trinajstić information content (AvgIpc) is 3.08. The number of benzene rings is 1. The van der Waals surface area contributed by atoms with Crippen LogP contribution in [0.3, 0.4) is 0 Å². The van der Waals surface area contributed by atoms with Crippen LogP contribution in [0.1, 0.15) is 25.3 Å². The van der Waals surface area contributed by atoms with E-state index in [1.54, 1.807) is 0 Å². The highest BCUT2D eigenvalue weighted by Crippen LogP contribution is 2.07. The summed E-state index contributed by atoms with van der Waals surface area (Å²) in [6.45, 7) is 5.60. The number of nitrogens with one attached hydrogen (secondary N) is 2. The van der Waals surface area contributed by atoms with E-state index in [9.17, 15) is 4.79 Å². The lowest BCUT2D eigenvalue weighted by atomic mass is 10.1. The molecule has 1 saturated heterocycles. The van der Waals surface area contributed by atoms with Gasteiger partial charge in [0.15, 0.2) is 5.96 Å². The van der Waals surface area contributed by atoms with Crippen molar-refractivity contribution in [2.75, 3.05) is 32.7 Å². The van der Waals surface area contributed by atoms with Crippen LogP contribution in [0, 0.1) is 0 Å². The summed E-state index contributed by atoms with van der Waals surface area (Å²) in [7, 11) is 0. The lowest BCUT2D eigenvalue weighted by Crippen LogP contribution is -2.39. The third kappa shape index (κ3) is 7.20. The third-order valence-electron chi connectivity index (χ3n) is 3.72. The van der Waals surface area contributed by atoms with Crippen LogP contribution in [-0.4, -0.2) is 49.5 Å². The zero-order valence-electron chi connectivity index (χ0n) is 13.8. The van der Waals surface area contributed by atoms with Crippen molar-refractivity contribution in [3.63, 3.8) is 0 Å². The number of aliphatic imine (C=N–C) groups is 1. The van der Waals surface area contributed by atoms with Crippen LogP contribution in [0.25, 0.3) is 0 Å². The first-order valence-electron chi connectivity index (χ1n) is 8.13. The molecule has 23 heavy (non-hydrogen) atoms. The Morgan fingerprint density at radius 2 is 1.87 bits per heavy atom. The van der Waals surface area contributed by atoms with E-state index in [0.29, 0.717) is 5.96 Å². The second-order valence-corrected chi connectivity index (χ2v) is 5.45. The molecule has 0 atom stereocenters. The number of carbonyl (C=O) groups excluding carboxylic acids is 1. The summed E-state index contributed by atoms with van der Waals surface area (Å²) in [5.41, 5.74) is 1.29. The van der Waals surface area contributed by atoms with Gasteiger partial charge in [-0.2, -0.15) is 0 Å². The molecule has 6 heteroatoms. The quantitative estimate of drug-likeness (QED) is 0.413. The van der Waals surface area contributed by atoms with Crippen LogP contribution in [0.15, 0.2) is 35.3 Å². The second kappa shape index (κ2) is 11.3. The molecule has 1 aliphatic heterocycles. The molecule has 5 nitrogen and oxygen atoms in total. The molecule has 0 aliphatic carbocycles. The maximum atomic E-state index is 12.0. The number of hydrogen-bond donors (Lipinski definition) is 2. The van der Waals surface area contributed by atoms with Gasteiger partial charge < -0.3 is 15.5 Å². The van der Waals surface area contributed by atoms with Crippen molar-refractivity contribution in [2.45, 2.75) is 26.2 Å². The first kappa shape index (κ1) is 19.7. The average molecular weight is 430 g/mol. The predicted molar refractivity (Wildman–Crippen MR) is 105 cm³/mol. The van der Waals surface area contributed by atoms with Gasteiger partial charge in [-0.1, -0.05) is 30.3 Å². The van der Waals surface area contributed by atoms with Crippen LogP contribution >= 0.6 is 24.0 Å². The van der Waals surface area contributed by atoms with E-state index in [1.807, 2.05) is 30.0 Å². The van der Waals surface area contributed by atoms with E-state index in [1.165, 1.54) is 5.56 Å². The smallest absolute Gasteiger partial charge is 0.244 e. The largest absolute Gasteiger partial charge is 0.357 e. The standard InChI is InChI=1S/C17H26N4O.HI/c1-2-18-17(19-11-10-15-8-4-3-5-9-15)20-14-16(22)21-12-6-7-13-21;/h3-5,8-9H,2,6-7,10-14H2,1H3,(H2,18,19,20);1H. The zero-order chi connectivity index (χ0) is 15.6. The van der Waals surface area contributed by atoms with Gasteiger partial charge in [0.25, 0.3) is 0 Å². The molecule has 1 fully saturated rings. The van der Waals surface area contributed by atoms with E-state index in [4.69, 9.17) is 0 Å². The van der Waals surface area contributed by atoms with Crippen LogP contribution in [0.2, 0.25) is 0 Å². The predicted octanol–water partition coefficient (Wildman–Crippen LogP) is 2.02. The molecule has 1 heterocycles. The maximum absolute atomic E-state index is 12.0. The summed E-state index contributed by atoms with van der Waals surface area (Å²) < 4.78 is 0. The van der Waals surface area contributed by atoms with Crippen molar-refractivity contribution < 1.29 is 4.79 Å². The lowest BCUT2D eigenvalue weighted by molar-refractivity contribution is -0.128. The Morgan fingerprint density at radius 1 is 1.17 bits per heavy atom. The zero-order valence-corrected chi connectivity index (χ0v) is 16.1. The number of halogens is 1. The number of likely N-dealkylation sites (tertiary alicyclic amines) is 1. The lowest BCUT2D eigenvalue weighted by Gasteiger charge is -2.15. The summed E-state index contributed by atoms with van der Waals surface area (Å²) in [6, 6.07) is 10.3. The fourth-order valence-corrected chi connectivity index (χ4v) is 2.52. The topological polar surface area (TPSA) is 56.7 Å². The SMILES string of the molecule is CCNC(=NCC(=O)N1CCCC1)NCCc1ccccc1.I. The molecule has 1 amide bonds. The Balaban J connectivity index is 0.00000264. The summed E-state index contributed by atoms with van der Waals surface area (Å²) in [4.78, 5) is 18.3. The minimum Gasteiger partial charge on any atom is -0.357 e. The fourth-order valence-electron chi connectivity index (χ4n) is 2.52. The monoisotopic (exact) mass is 430 g/mol. The van der Waals surface area contributed by atoms with Crippen LogP contribution in [0.5, 0.6) is 0 Å². The van der Waals surface area contributed by atoms with E-state index in [-0.39, 0.29) is 36.4 Å². The molecular formula is C17H27IN4O. The minimum absolute atomic E-state index is 0. The molecule has 0 spiro atoms. The number of rotatable bonds is 6. The van der Waals surface area contributed by atoms with Crippen LogP contribution in [0.4, 0.5) is 0 Å². The van der Waals surface area contributed by atoms with Gasteiger partial charge in [0.1, 0.15) is 6.54 Å². The van der Waals surface area contributed by atoms with Crippen molar-refractivity contribution in [2.24, 2.45) is 4.99 Å². The van der Waals surface area contributed by atoms with Gasteiger partial charge in [0, 0.05) is 26.2 Å². The van der Waals surface area contributed by atoms with E-state index < -0.39 is 0 Å². The van der Waals surface area contributed by atoms with Gasteiger partial charge in [-0.05, 0) is 31.7 Å².